The third-order valence-electron chi connectivity index (χ3n) is 2.35. The zero-order chi connectivity index (χ0) is 13.4. The molecule has 0 atom stereocenters. The predicted molar refractivity (Wildman–Crippen MR) is 72.8 cm³/mol. The first-order valence-electron chi connectivity index (χ1n) is 6.21. The Morgan fingerprint density at radius 3 is 2.83 bits per heavy atom. The van der Waals surface area contributed by atoms with Gasteiger partial charge in [-0.25, -0.2) is 9.97 Å². The highest BCUT2D eigenvalue weighted by molar-refractivity contribution is 5.80. The maximum Gasteiger partial charge on any atom is 0.239 e. The average molecular weight is 251 g/mol. The number of amides is 1. The maximum absolute atomic E-state index is 11.5. The molecule has 1 aromatic rings. The zero-order valence-electron chi connectivity index (χ0n) is 11.2. The highest BCUT2D eigenvalue weighted by Crippen LogP contribution is 2.12. The minimum Gasteiger partial charge on any atom is -0.370 e. The number of carbonyl (C=O) groups excluding carboxylic acids is 1. The van der Waals surface area contributed by atoms with E-state index in [1.54, 1.807) is 4.90 Å². The number of likely N-dealkylation sites (N-methyl/N-ethyl adjacent to an activating group) is 2. The molecule has 100 valence electrons. The summed E-state index contributed by atoms with van der Waals surface area (Å²) in [4.78, 5) is 21.5. The molecule has 0 aliphatic heterocycles. The number of hydrogen-bond acceptors (Lipinski definition) is 5. The van der Waals surface area contributed by atoms with E-state index in [1.807, 2.05) is 20.0 Å². The molecule has 0 bridgehead atoms. The van der Waals surface area contributed by atoms with Crippen LogP contribution in [0.25, 0.3) is 0 Å². The van der Waals surface area contributed by atoms with Crippen molar-refractivity contribution < 1.29 is 4.79 Å². The van der Waals surface area contributed by atoms with Gasteiger partial charge in [-0.3, -0.25) is 4.79 Å². The van der Waals surface area contributed by atoms with E-state index in [2.05, 4.69) is 27.5 Å². The predicted octanol–water partition coefficient (Wildman–Crippen LogP) is 0.871. The van der Waals surface area contributed by atoms with Crippen LogP contribution in [-0.2, 0) is 4.79 Å². The summed E-state index contributed by atoms with van der Waals surface area (Å²) in [5, 5.41) is 5.95. The molecule has 0 saturated carbocycles. The number of rotatable bonds is 7. The lowest BCUT2D eigenvalue weighted by Crippen LogP contribution is -2.35. The third kappa shape index (κ3) is 4.57. The van der Waals surface area contributed by atoms with Crippen LogP contribution in [0.4, 0.5) is 11.6 Å². The molecular formula is C12H21N5O. The van der Waals surface area contributed by atoms with Crippen molar-refractivity contribution in [1.82, 2.24) is 15.3 Å². The second-order valence-electron chi connectivity index (χ2n) is 4.00. The number of anilines is 2. The number of carbonyl (C=O) groups is 1. The Labute approximate surface area is 108 Å². The molecular weight excluding hydrogens is 230 g/mol. The molecule has 6 heteroatoms. The van der Waals surface area contributed by atoms with E-state index in [9.17, 15) is 4.79 Å². The lowest BCUT2D eigenvalue weighted by Gasteiger charge is -2.17. The van der Waals surface area contributed by atoms with Crippen molar-refractivity contribution in [3.05, 3.63) is 12.4 Å². The molecule has 0 aromatic carbocycles. The Bertz CT molecular complexity index is 382. The van der Waals surface area contributed by atoms with Gasteiger partial charge in [-0.2, -0.15) is 0 Å². The van der Waals surface area contributed by atoms with Crippen LogP contribution in [0.3, 0.4) is 0 Å². The van der Waals surface area contributed by atoms with Crippen molar-refractivity contribution in [3.8, 4) is 0 Å². The summed E-state index contributed by atoms with van der Waals surface area (Å²) in [7, 11) is 1.83. The average Bonchev–Trinajstić information content (AvgIpc) is 2.37. The van der Waals surface area contributed by atoms with E-state index >= 15 is 0 Å². The number of hydrogen-bond donors (Lipinski definition) is 2. The molecule has 0 saturated heterocycles. The van der Waals surface area contributed by atoms with E-state index in [4.69, 9.17) is 0 Å². The topological polar surface area (TPSA) is 70.2 Å². The van der Waals surface area contributed by atoms with Gasteiger partial charge < -0.3 is 15.5 Å². The summed E-state index contributed by atoms with van der Waals surface area (Å²) >= 11 is 0. The third-order valence-corrected chi connectivity index (χ3v) is 2.35. The standard InChI is InChI=1S/C12H21N5O/c1-4-6-14-10-7-11(16-9-15-10)17(3)8-12(18)13-5-2/h7,9H,4-6,8H2,1-3H3,(H,13,18)(H,14,15,16). The quantitative estimate of drug-likeness (QED) is 0.752. The van der Waals surface area contributed by atoms with E-state index in [0.29, 0.717) is 6.54 Å². The van der Waals surface area contributed by atoms with Gasteiger partial charge in [0.15, 0.2) is 0 Å². The minimum atomic E-state index is -0.0123. The first-order chi connectivity index (χ1) is 8.67. The van der Waals surface area contributed by atoms with Crippen LogP contribution in [0.1, 0.15) is 20.3 Å². The summed E-state index contributed by atoms with van der Waals surface area (Å²) in [5.41, 5.74) is 0. The van der Waals surface area contributed by atoms with Gasteiger partial charge in [0.1, 0.15) is 18.0 Å². The normalized spacial score (nSPS) is 9.94. The minimum absolute atomic E-state index is 0.0123. The van der Waals surface area contributed by atoms with Crippen LogP contribution < -0.4 is 15.5 Å². The lowest BCUT2D eigenvalue weighted by atomic mass is 10.4. The molecule has 2 N–H and O–H groups in total. The number of aromatic nitrogens is 2. The summed E-state index contributed by atoms with van der Waals surface area (Å²) in [5.74, 6) is 1.50. The lowest BCUT2D eigenvalue weighted by molar-refractivity contribution is -0.119. The SMILES string of the molecule is CCCNc1cc(N(C)CC(=O)NCC)ncn1. The van der Waals surface area contributed by atoms with Gasteiger partial charge >= 0.3 is 0 Å². The van der Waals surface area contributed by atoms with Crippen LogP contribution in [0.2, 0.25) is 0 Å². The molecule has 18 heavy (non-hydrogen) atoms. The molecule has 0 fully saturated rings. The molecule has 1 amide bonds. The smallest absolute Gasteiger partial charge is 0.239 e. The Morgan fingerprint density at radius 1 is 1.39 bits per heavy atom. The van der Waals surface area contributed by atoms with Gasteiger partial charge in [-0.1, -0.05) is 6.92 Å². The summed E-state index contributed by atoms with van der Waals surface area (Å²) in [6.07, 6.45) is 2.54. The molecule has 1 heterocycles. The van der Waals surface area contributed by atoms with Gasteiger partial charge in [0.2, 0.25) is 5.91 Å². The first-order valence-corrected chi connectivity index (χ1v) is 6.21. The van der Waals surface area contributed by atoms with Crippen molar-refractivity contribution >= 4 is 17.5 Å². The van der Waals surface area contributed by atoms with Gasteiger partial charge in [0.25, 0.3) is 0 Å². The Hall–Kier alpha value is -1.85. The molecule has 0 aliphatic rings. The van der Waals surface area contributed by atoms with Crippen LogP contribution in [0.15, 0.2) is 12.4 Å². The van der Waals surface area contributed by atoms with Crippen molar-refractivity contribution in [3.63, 3.8) is 0 Å². The fraction of sp³-hybridized carbons (Fsp3) is 0.583. The van der Waals surface area contributed by atoms with Crippen LogP contribution in [-0.4, -0.2) is 42.6 Å². The van der Waals surface area contributed by atoms with E-state index in [0.717, 1.165) is 24.6 Å². The molecule has 1 aromatic heterocycles. The van der Waals surface area contributed by atoms with Gasteiger partial charge in [0.05, 0.1) is 6.54 Å². The monoisotopic (exact) mass is 251 g/mol. The molecule has 0 spiro atoms. The van der Waals surface area contributed by atoms with Gasteiger partial charge in [-0.05, 0) is 13.3 Å². The molecule has 0 aliphatic carbocycles. The largest absolute Gasteiger partial charge is 0.370 e. The zero-order valence-corrected chi connectivity index (χ0v) is 11.2. The maximum atomic E-state index is 11.5. The Morgan fingerprint density at radius 2 is 2.17 bits per heavy atom. The highest BCUT2D eigenvalue weighted by atomic mass is 16.2. The fourth-order valence-electron chi connectivity index (χ4n) is 1.46. The molecule has 0 radical (unpaired) electrons. The molecule has 1 rings (SSSR count). The van der Waals surface area contributed by atoms with E-state index in [1.165, 1.54) is 6.33 Å². The summed E-state index contributed by atoms with van der Waals surface area (Å²) < 4.78 is 0. The second-order valence-corrected chi connectivity index (χ2v) is 4.00. The van der Waals surface area contributed by atoms with Gasteiger partial charge in [-0.15, -0.1) is 0 Å². The number of nitrogens with zero attached hydrogens (tertiary/aromatic N) is 3. The fourth-order valence-corrected chi connectivity index (χ4v) is 1.46. The van der Waals surface area contributed by atoms with Gasteiger partial charge in [0, 0.05) is 26.2 Å². The van der Waals surface area contributed by atoms with E-state index in [-0.39, 0.29) is 12.5 Å². The summed E-state index contributed by atoms with van der Waals surface area (Å²) in [6, 6.07) is 1.84. The Kier molecular flexibility index (Phi) is 5.90. The highest BCUT2D eigenvalue weighted by Gasteiger charge is 2.08. The molecule has 0 unspecified atom stereocenters. The van der Waals surface area contributed by atoms with Crippen LogP contribution in [0.5, 0.6) is 0 Å². The number of nitrogens with one attached hydrogen (secondary N) is 2. The Balaban J connectivity index is 2.61. The van der Waals surface area contributed by atoms with Crippen molar-refractivity contribution in [1.29, 1.82) is 0 Å². The van der Waals surface area contributed by atoms with Crippen LogP contribution in [0, 0.1) is 0 Å². The van der Waals surface area contributed by atoms with Crippen LogP contribution >= 0.6 is 0 Å². The second kappa shape index (κ2) is 7.47. The van der Waals surface area contributed by atoms with E-state index < -0.39 is 0 Å². The first kappa shape index (κ1) is 14.2. The van der Waals surface area contributed by atoms with Crippen molar-refractivity contribution in [2.24, 2.45) is 0 Å². The molecule has 6 nitrogen and oxygen atoms in total. The van der Waals surface area contributed by atoms with Crippen molar-refractivity contribution in [2.75, 3.05) is 36.9 Å². The van der Waals surface area contributed by atoms with Crippen molar-refractivity contribution in [2.45, 2.75) is 20.3 Å². The summed E-state index contributed by atoms with van der Waals surface area (Å²) in [6.45, 7) is 5.79.